The number of methoxy groups -OCH3 is 1. The molecule has 0 fully saturated rings. The minimum absolute atomic E-state index is 0.314. The van der Waals surface area contributed by atoms with E-state index < -0.39 is 17.7 Å². The van der Waals surface area contributed by atoms with Gasteiger partial charge in [0.1, 0.15) is 5.75 Å². The summed E-state index contributed by atoms with van der Waals surface area (Å²) in [6.07, 6.45) is 0.474. The lowest BCUT2D eigenvalue weighted by molar-refractivity contribution is 0.184. The smallest absolute Gasteiger partial charge is 0.162 e. The summed E-state index contributed by atoms with van der Waals surface area (Å²) in [5, 5.41) is 9.09. The van der Waals surface area contributed by atoms with Gasteiger partial charge in [0.2, 0.25) is 0 Å². The van der Waals surface area contributed by atoms with Crippen molar-refractivity contribution in [1.82, 2.24) is 0 Å². The SMILES string of the molecule is COc1cc(F)c(F)cc1CCC(C)O. The normalized spacial score (nSPS) is 12.6. The van der Waals surface area contributed by atoms with Crippen molar-refractivity contribution in [2.24, 2.45) is 0 Å². The first-order valence-electron chi connectivity index (χ1n) is 4.74. The lowest BCUT2D eigenvalue weighted by Crippen LogP contribution is -2.03. The van der Waals surface area contributed by atoms with Crippen molar-refractivity contribution in [2.45, 2.75) is 25.9 Å². The fourth-order valence-corrected chi connectivity index (χ4v) is 1.32. The lowest BCUT2D eigenvalue weighted by Gasteiger charge is -2.10. The Kier molecular flexibility index (Phi) is 4.03. The third kappa shape index (κ3) is 3.16. The highest BCUT2D eigenvalue weighted by molar-refractivity contribution is 5.34. The van der Waals surface area contributed by atoms with Gasteiger partial charge in [0, 0.05) is 6.07 Å². The van der Waals surface area contributed by atoms with Crippen molar-refractivity contribution in [1.29, 1.82) is 0 Å². The molecule has 0 aromatic heterocycles. The Labute approximate surface area is 87.5 Å². The number of rotatable bonds is 4. The average Bonchev–Trinajstić information content (AvgIpc) is 2.19. The zero-order valence-electron chi connectivity index (χ0n) is 8.76. The van der Waals surface area contributed by atoms with Gasteiger partial charge in [0.25, 0.3) is 0 Å². The number of ether oxygens (including phenoxy) is 1. The van der Waals surface area contributed by atoms with Crippen molar-refractivity contribution in [3.05, 3.63) is 29.3 Å². The number of benzene rings is 1. The Morgan fingerprint density at radius 2 is 1.93 bits per heavy atom. The Morgan fingerprint density at radius 1 is 1.33 bits per heavy atom. The fraction of sp³-hybridized carbons (Fsp3) is 0.455. The molecule has 1 aromatic carbocycles. The van der Waals surface area contributed by atoms with Gasteiger partial charge in [0.15, 0.2) is 11.6 Å². The van der Waals surface area contributed by atoms with E-state index in [2.05, 4.69) is 0 Å². The van der Waals surface area contributed by atoms with Crippen LogP contribution in [-0.4, -0.2) is 18.3 Å². The van der Waals surface area contributed by atoms with E-state index in [1.165, 1.54) is 7.11 Å². The van der Waals surface area contributed by atoms with Crippen LogP contribution in [0.4, 0.5) is 8.78 Å². The second-order valence-corrected chi connectivity index (χ2v) is 3.47. The summed E-state index contributed by atoms with van der Waals surface area (Å²) < 4.78 is 30.7. The summed E-state index contributed by atoms with van der Waals surface area (Å²) in [6.45, 7) is 1.65. The third-order valence-electron chi connectivity index (χ3n) is 2.15. The van der Waals surface area contributed by atoms with E-state index in [1.54, 1.807) is 6.92 Å². The highest BCUT2D eigenvalue weighted by atomic mass is 19.2. The van der Waals surface area contributed by atoms with Crippen LogP contribution in [0.2, 0.25) is 0 Å². The summed E-state index contributed by atoms with van der Waals surface area (Å²) in [5.41, 5.74) is 0.567. The number of hydrogen-bond donors (Lipinski definition) is 1. The van der Waals surface area contributed by atoms with Crippen molar-refractivity contribution in [3.8, 4) is 5.75 Å². The molecule has 0 radical (unpaired) electrons. The van der Waals surface area contributed by atoms with Gasteiger partial charge < -0.3 is 9.84 Å². The Morgan fingerprint density at radius 3 is 2.47 bits per heavy atom. The standard InChI is InChI=1S/C11H14F2O2/c1-7(14)3-4-8-5-9(12)10(13)6-11(8)15-2/h5-7,14H,3-4H2,1-2H3. The molecule has 1 rings (SSSR count). The van der Waals surface area contributed by atoms with Gasteiger partial charge >= 0.3 is 0 Å². The van der Waals surface area contributed by atoms with Crippen LogP contribution in [0.5, 0.6) is 5.75 Å². The fourth-order valence-electron chi connectivity index (χ4n) is 1.32. The summed E-state index contributed by atoms with van der Waals surface area (Å²) in [5.74, 6) is -1.50. The topological polar surface area (TPSA) is 29.5 Å². The van der Waals surface area contributed by atoms with Gasteiger partial charge in [-0.05, 0) is 31.4 Å². The molecule has 0 aliphatic carbocycles. The highest BCUT2D eigenvalue weighted by Gasteiger charge is 2.10. The Bertz CT molecular complexity index is 338. The van der Waals surface area contributed by atoms with Crippen LogP contribution < -0.4 is 4.74 Å². The van der Waals surface area contributed by atoms with Crippen LogP contribution in [0.25, 0.3) is 0 Å². The molecule has 0 aliphatic rings. The van der Waals surface area contributed by atoms with Crippen LogP contribution in [-0.2, 0) is 6.42 Å². The van der Waals surface area contributed by atoms with Crippen LogP contribution in [0.15, 0.2) is 12.1 Å². The largest absolute Gasteiger partial charge is 0.496 e. The highest BCUT2D eigenvalue weighted by Crippen LogP contribution is 2.23. The minimum Gasteiger partial charge on any atom is -0.496 e. The van der Waals surface area contributed by atoms with Crippen molar-refractivity contribution in [3.63, 3.8) is 0 Å². The van der Waals surface area contributed by atoms with Gasteiger partial charge in [-0.1, -0.05) is 0 Å². The van der Waals surface area contributed by atoms with Crippen molar-refractivity contribution in [2.75, 3.05) is 7.11 Å². The zero-order chi connectivity index (χ0) is 11.4. The first-order valence-corrected chi connectivity index (χ1v) is 4.74. The van der Waals surface area contributed by atoms with Crippen molar-refractivity contribution < 1.29 is 18.6 Å². The monoisotopic (exact) mass is 216 g/mol. The van der Waals surface area contributed by atoms with E-state index in [1.807, 2.05) is 0 Å². The molecule has 1 unspecified atom stereocenters. The molecule has 0 heterocycles. The maximum Gasteiger partial charge on any atom is 0.162 e. The van der Waals surface area contributed by atoms with Crippen LogP contribution in [0, 0.1) is 11.6 Å². The molecule has 84 valence electrons. The number of halogens is 2. The summed E-state index contributed by atoms with van der Waals surface area (Å²) >= 11 is 0. The van der Waals surface area contributed by atoms with Crippen LogP contribution in [0.3, 0.4) is 0 Å². The predicted molar refractivity (Wildman–Crippen MR) is 52.9 cm³/mol. The van der Waals surface area contributed by atoms with Gasteiger partial charge in [-0.15, -0.1) is 0 Å². The molecule has 1 aromatic rings. The molecule has 1 N–H and O–H groups in total. The molecule has 4 heteroatoms. The number of aliphatic hydroxyl groups excluding tert-OH is 1. The second kappa shape index (κ2) is 5.07. The maximum atomic E-state index is 12.9. The molecule has 0 aliphatic heterocycles. The summed E-state index contributed by atoms with van der Waals surface area (Å²) in [4.78, 5) is 0. The molecular formula is C11H14F2O2. The van der Waals surface area contributed by atoms with Crippen molar-refractivity contribution >= 4 is 0 Å². The molecule has 0 amide bonds. The molecular weight excluding hydrogens is 202 g/mol. The van der Waals surface area contributed by atoms with E-state index in [4.69, 9.17) is 9.84 Å². The third-order valence-corrected chi connectivity index (χ3v) is 2.15. The molecule has 2 nitrogen and oxygen atoms in total. The first kappa shape index (κ1) is 11.9. The number of hydrogen-bond acceptors (Lipinski definition) is 2. The molecule has 15 heavy (non-hydrogen) atoms. The quantitative estimate of drug-likeness (QED) is 0.836. The van der Waals surface area contributed by atoms with E-state index in [-0.39, 0.29) is 0 Å². The molecule has 1 atom stereocenters. The Balaban J connectivity index is 2.89. The van der Waals surface area contributed by atoms with E-state index in [0.29, 0.717) is 24.2 Å². The molecule has 0 spiro atoms. The zero-order valence-corrected chi connectivity index (χ0v) is 8.76. The predicted octanol–water partition coefficient (Wildman–Crippen LogP) is 2.29. The second-order valence-electron chi connectivity index (χ2n) is 3.47. The van der Waals surface area contributed by atoms with Gasteiger partial charge in [-0.3, -0.25) is 0 Å². The average molecular weight is 216 g/mol. The van der Waals surface area contributed by atoms with E-state index >= 15 is 0 Å². The molecule has 0 bridgehead atoms. The Hall–Kier alpha value is -1.16. The minimum atomic E-state index is -0.923. The van der Waals surface area contributed by atoms with Gasteiger partial charge in [-0.2, -0.15) is 0 Å². The van der Waals surface area contributed by atoms with Gasteiger partial charge in [-0.25, -0.2) is 8.78 Å². The number of aryl methyl sites for hydroxylation is 1. The van der Waals surface area contributed by atoms with Crippen LogP contribution >= 0.6 is 0 Å². The molecule has 0 saturated carbocycles. The summed E-state index contributed by atoms with van der Waals surface area (Å²) in [7, 11) is 1.40. The molecule has 0 saturated heterocycles. The van der Waals surface area contributed by atoms with E-state index in [9.17, 15) is 8.78 Å². The lowest BCUT2D eigenvalue weighted by atomic mass is 10.1. The van der Waals surface area contributed by atoms with Gasteiger partial charge in [0.05, 0.1) is 13.2 Å². The number of aliphatic hydroxyl groups is 1. The van der Waals surface area contributed by atoms with E-state index in [0.717, 1.165) is 12.1 Å². The summed E-state index contributed by atoms with van der Waals surface area (Å²) in [6, 6.07) is 2.13. The maximum absolute atomic E-state index is 12.9. The van der Waals surface area contributed by atoms with Crippen LogP contribution in [0.1, 0.15) is 18.9 Å². The first-order chi connectivity index (χ1) is 7.04.